The lowest BCUT2D eigenvalue weighted by Crippen LogP contribution is -2.03. The smallest absolute Gasteiger partial charge is 0.0463 e. The number of aryl methyl sites for hydroxylation is 1. The fourth-order valence-corrected chi connectivity index (χ4v) is 1.10. The monoisotopic (exact) mass is 175 g/mol. The van der Waals surface area contributed by atoms with E-state index in [0.29, 0.717) is 12.1 Å². The lowest BCUT2D eigenvalue weighted by Gasteiger charge is -2.02. The van der Waals surface area contributed by atoms with E-state index in [4.69, 9.17) is 5.41 Å². The van der Waals surface area contributed by atoms with Crippen LogP contribution in [0.5, 0.6) is 0 Å². The van der Waals surface area contributed by atoms with E-state index in [0.717, 1.165) is 11.3 Å². The second-order valence-corrected chi connectivity index (χ2v) is 2.76. The molecule has 3 heteroatoms. The molecule has 0 saturated heterocycles. The first-order valence-electron chi connectivity index (χ1n) is 4.15. The molecule has 0 aliphatic heterocycles. The van der Waals surface area contributed by atoms with Gasteiger partial charge in [-0.05, 0) is 19.1 Å². The Bertz CT molecular complexity index is 329. The van der Waals surface area contributed by atoms with Crippen molar-refractivity contribution >= 4 is 11.9 Å². The highest BCUT2D eigenvalue weighted by atomic mass is 14.7. The van der Waals surface area contributed by atoms with Gasteiger partial charge in [0, 0.05) is 42.8 Å². The lowest BCUT2D eigenvalue weighted by atomic mass is 10.1. The van der Waals surface area contributed by atoms with Crippen LogP contribution in [0.15, 0.2) is 23.3 Å². The van der Waals surface area contributed by atoms with Crippen molar-refractivity contribution in [2.24, 2.45) is 4.99 Å². The molecule has 0 unspecified atom stereocenters. The molecule has 1 rings (SSSR count). The van der Waals surface area contributed by atoms with Crippen LogP contribution < -0.4 is 0 Å². The number of hydrogen-bond donors (Lipinski definition) is 1. The van der Waals surface area contributed by atoms with Gasteiger partial charge >= 0.3 is 0 Å². The summed E-state index contributed by atoms with van der Waals surface area (Å²) in [6.45, 7) is 1.91. The number of pyridine rings is 1. The number of rotatable bonds is 3. The molecule has 13 heavy (non-hydrogen) atoms. The molecule has 0 saturated carbocycles. The summed E-state index contributed by atoms with van der Waals surface area (Å²) in [7, 11) is 1.71. The molecule has 3 nitrogen and oxygen atoms in total. The zero-order valence-corrected chi connectivity index (χ0v) is 7.91. The summed E-state index contributed by atoms with van der Waals surface area (Å²) in [5.74, 6) is 0. The number of hydrogen-bond acceptors (Lipinski definition) is 3. The first-order chi connectivity index (χ1) is 6.25. The average molecular weight is 175 g/mol. The number of aromatic nitrogens is 1. The quantitative estimate of drug-likeness (QED) is 0.700. The second-order valence-electron chi connectivity index (χ2n) is 2.76. The van der Waals surface area contributed by atoms with Gasteiger partial charge in [-0.2, -0.15) is 0 Å². The van der Waals surface area contributed by atoms with Gasteiger partial charge < -0.3 is 10.4 Å². The van der Waals surface area contributed by atoms with Gasteiger partial charge in [0.05, 0.1) is 0 Å². The van der Waals surface area contributed by atoms with Crippen molar-refractivity contribution in [2.75, 3.05) is 7.05 Å². The minimum Gasteiger partial charge on any atom is -0.304 e. The van der Waals surface area contributed by atoms with Crippen molar-refractivity contribution in [3.63, 3.8) is 0 Å². The average Bonchev–Trinajstić information content (AvgIpc) is 2.15. The topological polar surface area (TPSA) is 49.1 Å². The predicted octanol–water partition coefficient (Wildman–Crippen LogP) is 1.85. The van der Waals surface area contributed by atoms with Crippen molar-refractivity contribution in [3.05, 3.63) is 29.6 Å². The first-order valence-corrected chi connectivity index (χ1v) is 4.15. The highest BCUT2D eigenvalue weighted by Gasteiger charge is 2.02. The van der Waals surface area contributed by atoms with Crippen LogP contribution in [0.1, 0.15) is 17.7 Å². The fraction of sp³-hybridized carbons (Fsp3) is 0.300. The van der Waals surface area contributed by atoms with E-state index in [-0.39, 0.29) is 0 Å². The number of nitrogens with one attached hydrogen (secondary N) is 1. The Morgan fingerprint density at radius 3 is 3.08 bits per heavy atom. The molecule has 0 bridgehead atoms. The van der Waals surface area contributed by atoms with Gasteiger partial charge in [0.2, 0.25) is 0 Å². The first kappa shape index (κ1) is 9.58. The van der Waals surface area contributed by atoms with Gasteiger partial charge in [-0.3, -0.25) is 4.98 Å². The van der Waals surface area contributed by atoms with E-state index in [1.807, 2.05) is 19.1 Å². The summed E-state index contributed by atoms with van der Waals surface area (Å²) < 4.78 is 0. The van der Waals surface area contributed by atoms with Crippen molar-refractivity contribution in [1.82, 2.24) is 4.98 Å². The van der Waals surface area contributed by atoms with Crippen LogP contribution in [-0.2, 0) is 0 Å². The molecule has 0 aliphatic carbocycles. The summed E-state index contributed by atoms with van der Waals surface area (Å²) in [6, 6.07) is 3.76. The van der Waals surface area contributed by atoms with Crippen LogP contribution in [0.25, 0.3) is 0 Å². The summed E-state index contributed by atoms with van der Waals surface area (Å²) in [5.41, 5.74) is 2.37. The zero-order chi connectivity index (χ0) is 9.68. The van der Waals surface area contributed by atoms with Crippen LogP contribution in [0.2, 0.25) is 0 Å². The summed E-state index contributed by atoms with van der Waals surface area (Å²) in [4.78, 5) is 7.97. The summed E-state index contributed by atoms with van der Waals surface area (Å²) in [6.07, 6.45) is 4.04. The predicted molar refractivity (Wildman–Crippen MR) is 54.8 cm³/mol. The van der Waals surface area contributed by atoms with Gasteiger partial charge in [0.25, 0.3) is 0 Å². The van der Waals surface area contributed by atoms with E-state index >= 15 is 0 Å². The van der Waals surface area contributed by atoms with Gasteiger partial charge in [-0.25, -0.2) is 0 Å². The third-order valence-electron chi connectivity index (χ3n) is 1.81. The molecular formula is C10H13N3. The Labute approximate surface area is 78.1 Å². The molecule has 1 aromatic rings. The Kier molecular flexibility index (Phi) is 3.31. The van der Waals surface area contributed by atoms with Crippen LogP contribution in [0.3, 0.4) is 0 Å². The van der Waals surface area contributed by atoms with Crippen molar-refractivity contribution in [3.8, 4) is 0 Å². The Morgan fingerprint density at radius 2 is 2.46 bits per heavy atom. The zero-order valence-electron chi connectivity index (χ0n) is 7.91. The molecule has 0 aromatic carbocycles. The van der Waals surface area contributed by atoms with Gasteiger partial charge in [0.1, 0.15) is 0 Å². The third-order valence-corrected chi connectivity index (χ3v) is 1.81. The molecule has 0 atom stereocenters. The highest BCUT2D eigenvalue weighted by molar-refractivity contribution is 6.05. The maximum Gasteiger partial charge on any atom is 0.0463 e. The largest absolute Gasteiger partial charge is 0.304 e. The third kappa shape index (κ3) is 2.47. The van der Waals surface area contributed by atoms with Crippen molar-refractivity contribution in [1.29, 1.82) is 5.41 Å². The fourth-order valence-electron chi connectivity index (χ4n) is 1.10. The second kappa shape index (κ2) is 4.50. The minimum absolute atomic E-state index is 0.566. The molecule has 68 valence electrons. The van der Waals surface area contributed by atoms with Gasteiger partial charge in [0.15, 0.2) is 0 Å². The molecule has 0 fully saturated rings. The van der Waals surface area contributed by atoms with Crippen LogP contribution in [-0.4, -0.2) is 24.0 Å². The molecule has 1 heterocycles. The van der Waals surface area contributed by atoms with Crippen molar-refractivity contribution < 1.29 is 0 Å². The van der Waals surface area contributed by atoms with E-state index in [1.54, 1.807) is 19.5 Å². The molecule has 0 aliphatic rings. The Hall–Kier alpha value is -1.51. The maximum absolute atomic E-state index is 7.74. The molecule has 0 amide bonds. The molecule has 0 radical (unpaired) electrons. The SMILES string of the molecule is CN=CCC(=N)c1cccnc1C. The Morgan fingerprint density at radius 1 is 1.69 bits per heavy atom. The summed E-state index contributed by atoms with van der Waals surface area (Å²) >= 11 is 0. The summed E-state index contributed by atoms with van der Waals surface area (Å²) in [5, 5.41) is 7.74. The molecule has 0 spiro atoms. The van der Waals surface area contributed by atoms with E-state index < -0.39 is 0 Å². The molecule has 1 N–H and O–H groups in total. The highest BCUT2D eigenvalue weighted by Crippen LogP contribution is 2.05. The van der Waals surface area contributed by atoms with E-state index in [2.05, 4.69) is 9.98 Å². The van der Waals surface area contributed by atoms with Crippen molar-refractivity contribution in [2.45, 2.75) is 13.3 Å². The lowest BCUT2D eigenvalue weighted by molar-refractivity contribution is 1.18. The Balaban J connectivity index is 2.83. The number of aliphatic imine (C=N–C) groups is 1. The minimum atomic E-state index is 0.566. The van der Waals surface area contributed by atoms with Gasteiger partial charge in [-0.1, -0.05) is 0 Å². The van der Waals surface area contributed by atoms with Gasteiger partial charge in [-0.15, -0.1) is 0 Å². The normalized spacial score (nSPS) is 10.6. The molecule has 1 aromatic heterocycles. The molecular weight excluding hydrogens is 162 g/mol. The van der Waals surface area contributed by atoms with E-state index in [1.165, 1.54) is 0 Å². The number of nitrogens with zero attached hydrogens (tertiary/aromatic N) is 2. The van der Waals surface area contributed by atoms with E-state index in [9.17, 15) is 0 Å². The maximum atomic E-state index is 7.74. The van der Waals surface area contributed by atoms with Crippen LogP contribution in [0.4, 0.5) is 0 Å². The van der Waals surface area contributed by atoms with Crippen LogP contribution in [0, 0.1) is 12.3 Å². The standard InChI is InChI=1S/C10H13N3/c1-8-9(4-3-6-13-8)10(11)5-7-12-2/h3-4,6-7,11H,5H2,1-2H3. The van der Waals surface area contributed by atoms with Crippen LogP contribution >= 0.6 is 0 Å².